The molecule has 1 aromatic heterocycles. The second-order valence-corrected chi connectivity index (χ2v) is 6.27. The molecule has 5 nitrogen and oxygen atoms in total. The summed E-state index contributed by atoms with van der Waals surface area (Å²) >= 11 is 0. The third-order valence-corrected chi connectivity index (χ3v) is 4.34. The Labute approximate surface area is 141 Å². The lowest BCUT2D eigenvalue weighted by Gasteiger charge is -2.27. The highest BCUT2D eigenvalue weighted by Crippen LogP contribution is 2.17. The fraction of sp³-hybridized carbons (Fsp3) is 0.444. The predicted molar refractivity (Wildman–Crippen MR) is 89.6 cm³/mol. The van der Waals surface area contributed by atoms with Crippen LogP contribution in [0.4, 0.5) is 4.39 Å². The normalized spacial score (nSPS) is 14.5. The number of nitrogens with one attached hydrogen (secondary N) is 1. The molecule has 2 heterocycles. The van der Waals surface area contributed by atoms with Crippen LogP contribution in [0.1, 0.15) is 35.9 Å². The summed E-state index contributed by atoms with van der Waals surface area (Å²) in [6, 6.07) is 7.35. The molecule has 0 fully saturated rings. The lowest BCUT2D eigenvalue weighted by Crippen LogP contribution is -2.33. The van der Waals surface area contributed by atoms with E-state index in [2.05, 4.69) is 21.4 Å². The Kier molecular flexibility index (Phi) is 4.94. The standard InChI is InChI=1S/C18H23FN4O/c1-3-18(24)20-10-15-9-16-12-22(6-7-23(16)21-15)11-14-4-5-17(19)13(2)8-14/h4-5,8-9H,3,6-7,10-12H2,1-2H3,(H,20,24). The molecular formula is C18H23FN4O. The number of carbonyl (C=O) groups excluding carboxylic acids is 1. The summed E-state index contributed by atoms with van der Waals surface area (Å²) in [6.07, 6.45) is 0.485. The molecule has 0 saturated carbocycles. The number of aryl methyl sites for hydroxylation is 1. The van der Waals surface area contributed by atoms with E-state index in [9.17, 15) is 9.18 Å². The molecule has 0 bridgehead atoms. The number of hydrogen-bond acceptors (Lipinski definition) is 3. The molecule has 1 aliphatic rings. The zero-order valence-corrected chi connectivity index (χ0v) is 14.2. The van der Waals surface area contributed by atoms with Crippen LogP contribution < -0.4 is 5.32 Å². The van der Waals surface area contributed by atoms with Crippen LogP contribution in [0, 0.1) is 12.7 Å². The van der Waals surface area contributed by atoms with Crippen LogP contribution in [0.25, 0.3) is 0 Å². The maximum atomic E-state index is 13.4. The molecular weight excluding hydrogens is 307 g/mol. The van der Waals surface area contributed by atoms with Crippen molar-refractivity contribution in [1.82, 2.24) is 20.0 Å². The minimum atomic E-state index is -0.158. The van der Waals surface area contributed by atoms with Gasteiger partial charge in [0.15, 0.2) is 0 Å². The van der Waals surface area contributed by atoms with E-state index in [-0.39, 0.29) is 11.7 Å². The summed E-state index contributed by atoms with van der Waals surface area (Å²) in [7, 11) is 0. The fourth-order valence-corrected chi connectivity index (χ4v) is 2.98. The largest absolute Gasteiger partial charge is 0.350 e. The molecule has 1 aromatic carbocycles. The molecule has 0 unspecified atom stereocenters. The zero-order chi connectivity index (χ0) is 17.1. The third-order valence-electron chi connectivity index (χ3n) is 4.34. The van der Waals surface area contributed by atoms with Gasteiger partial charge in [-0.1, -0.05) is 19.1 Å². The molecule has 24 heavy (non-hydrogen) atoms. The Balaban J connectivity index is 1.62. The fourth-order valence-electron chi connectivity index (χ4n) is 2.98. The Bertz CT molecular complexity index is 741. The first kappa shape index (κ1) is 16.6. The average Bonchev–Trinajstić information content (AvgIpc) is 2.98. The quantitative estimate of drug-likeness (QED) is 0.916. The average molecular weight is 330 g/mol. The number of rotatable bonds is 5. The van der Waals surface area contributed by atoms with Gasteiger partial charge in [0, 0.05) is 26.1 Å². The highest BCUT2D eigenvalue weighted by atomic mass is 19.1. The first-order valence-electron chi connectivity index (χ1n) is 8.35. The van der Waals surface area contributed by atoms with Crippen LogP contribution in [-0.4, -0.2) is 27.1 Å². The lowest BCUT2D eigenvalue weighted by molar-refractivity contribution is -0.120. The summed E-state index contributed by atoms with van der Waals surface area (Å²) in [6.45, 7) is 7.45. The number of aromatic nitrogens is 2. The zero-order valence-electron chi connectivity index (χ0n) is 14.2. The summed E-state index contributed by atoms with van der Waals surface area (Å²) in [5, 5.41) is 7.41. The molecule has 128 valence electrons. The second kappa shape index (κ2) is 7.13. The van der Waals surface area contributed by atoms with Crippen molar-refractivity contribution in [1.29, 1.82) is 0 Å². The van der Waals surface area contributed by atoms with Crippen molar-refractivity contribution in [3.63, 3.8) is 0 Å². The van der Waals surface area contributed by atoms with Crippen molar-refractivity contribution in [3.05, 3.63) is 52.6 Å². The third kappa shape index (κ3) is 3.82. The van der Waals surface area contributed by atoms with E-state index in [1.165, 1.54) is 6.07 Å². The van der Waals surface area contributed by atoms with Gasteiger partial charge in [-0.15, -0.1) is 0 Å². The number of hydrogen-bond donors (Lipinski definition) is 1. The van der Waals surface area contributed by atoms with Gasteiger partial charge in [-0.05, 0) is 30.2 Å². The number of halogens is 1. The van der Waals surface area contributed by atoms with E-state index in [1.807, 2.05) is 23.7 Å². The Morgan fingerprint density at radius 3 is 2.92 bits per heavy atom. The molecule has 0 spiro atoms. The van der Waals surface area contributed by atoms with Crippen molar-refractivity contribution in [2.45, 2.75) is 46.4 Å². The van der Waals surface area contributed by atoms with Gasteiger partial charge in [-0.2, -0.15) is 5.10 Å². The minimum Gasteiger partial charge on any atom is -0.350 e. The highest BCUT2D eigenvalue weighted by Gasteiger charge is 2.18. The first-order chi connectivity index (χ1) is 11.5. The molecule has 1 aliphatic heterocycles. The van der Waals surface area contributed by atoms with Gasteiger partial charge in [-0.25, -0.2) is 4.39 Å². The van der Waals surface area contributed by atoms with Gasteiger partial charge in [0.05, 0.1) is 24.5 Å². The maximum Gasteiger partial charge on any atom is 0.220 e. The molecule has 6 heteroatoms. The lowest BCUT2D eigenvalue weighted by atomic mass is 10.1. The smallest absolute Gasteiger partial charge is 0.220 e. The predicted octanol–water partition coefficient (Wildman–Crippen LogP) is 2.37. The van der Waals surface area contributed by atoms with Crippen LogP contribution in [0.3, 0.4) is 0 Å². The van der Waals surface area contributed by atoms with E-state index < -0.39 is 0 Å². The van der Waals surface area contributed by atoms with E-state index in [4.69, 9.17) is 0 Å². The van der Waals surface area contributed by atoms with Crippen molar-refractivity contribution < 1.29 is 9.18 Å². The van der Waals surface area contributed by atoms with Gasteiger partial charge >= 0.3 is 0 Å². The number of benzene rings is 1. The maximum absolute atomic E-state index is 13.4. The van der Waals surface area contributed by atoms with Gasteiger partial charge in [-0.3, -0.25) is 14.4 Å². The number of amides is 1. The SMILES string of the molecule is CCC(=O)NCc1cc2n(n1)CCN(Cc1ccc(F)c(C)c1)C2. The summed E-state index contributed by atoms with van der Waals surface area (Å²) in [5.74, 6) is -0.122. The molecule has 1 amide bonds. The van der Waals surface area contributed by atoms with E-state index in [0.717, 1.165) is 43.1 Å². The minimum absolute atomic E-state index is 0.0364. The van der Waals surface area contributed by atoms with Gasteiger partial charge in [0.2, 0.25) is 5.91 Å². The molecule has 0 atom stereocenters. The molecule has 3 rings (SSSR count). The topological polar surface area (TPSA) is 50.2 Å². The summed E-state index contributed by atoms with van der Waals surface area (Å²) in [4.78, 5) is 13.7. The van der Waals surface area contributed by atoms with Crippen molar-refractivity contribution in [3.8, 4) is 0 Å². The van der Waals surface area contributed by atoms with E-state index in [0.29, 0.717) is 18.5 Å². The van der Waals surface area contributed by atoms with Crippen molar-refractivity contribution >= 4 is 5.91 Å². The van der Waals surface area contributed by atoms with Crippen LogP contribution in [0.15, 0.2) is 24.3 Å². The number of carbonyl (C=O) groups is 1. The summed E-state index contributed by atoms with van der Waals surface area (Å²) in [5.41, 5.74) is 3.85. The highest BCUT2D eigenvalue weighted by molar-refractivity contribution is 5.75. The Morgan fingerprint density at radius 2 is 2.17 bits per heavy atom. The Morgan fingerprint density at radius 1 is 1.33 bits per heavy atom. The summed E-state index contributed by atoms with van der Waals surface area (Å²) < 4.78 is 15.4. The monoisotopic (exact) mass is 330 g/mol. The molecule has 0 saturated heterocycles. The van der Waals surface area contributed by atoms with Crippen LogP contribution in [0.2, 0.25) is 0 Å². The molecule has 0 aliphatic carbocycles. The van der Waals surface area contributed by atoms with Crippen molar-refractivity contribution in [2.75, 3.05) is 6.54 Å². The van der Waals surface area contributed by atoms with E-state index in [1.54, 1.807) is 6.92 Å². The molecule has 1 N–H and O–H groups in total. The number of fused-ring (bicyclic) bond motifs is 1. The van der Waals surface area contributed by atoms with Crippen LogP contribution in [-0.2, 0) is 31.0 Å². The van der Waals surface area contributed by atoms with Crippen molar-refractivity contribution in [2.24, 2.45) is 0 Å². The Hall–Kier alpha value is -2.21. The van der Waals surface area contributed by atoms with E-state index >= 15 is 0 Å². The van der Waals surface area contributed by atoms with Crippen LogP contribution in [0.5, 0.6) is 0 Å². The molecule has 2 aromatic rings. The van der Waals surface area contributed by atoms with Gasteiger partial charge < -0.3 is 5.32 Å². The van der Waals surface area contributed by atoms with Crippen LogP contribution >= 0.6 is 0 Å². The second-order valence-electron chi connectivity index (χ2n) is 6.27. The van der Waals surface area contributed by atoms with Gasteiger partial charge in [0.25, 0.3) is 0 Å². The number of nitrogens with zero attached hydrogens (tertiary/aromatic N) is 3. The first-order valence-corrected chi connectivity index (χ1v) is 8.35. The molecule has 0 radical (unpaired) electrons. The van der Waals surface area contributed by atoms with Gasteiger partial charge in [0.1, 0.15) is 5.82 Å².